The summed E-state index contributed by atoms with van der Waals surface area (Å²) in [5.41, 5.74) is 1.64. The van der Waals surface area contributed by atoms with E-state index in [0.29, 0.717) is 19.8 Å². The van der Waals surface area contributed by atoms with Crippen LogP contribution in [0.25, 0.3) is 6.08 Å². The number of amides is 1. The van der Waals surface area contributed by atoms with E-state index in [1.165, 1.54) is 6.08 Å². The van der Waals surface area contributed by atoms with Crippen LogP contribution in [0.4, 0.5) is 5.69 Å². The van der Waals surface area contributed by atoms with Crippen molar-refractivity contribution in [3.63, 3.8) is 0 Å². The van der Waals surface area contributed by atoms with Gasteiger partial charge < -0.3 is 19.5 Å². The van der Waals surface area contributed by atoms with Crippen molar-refractivity contribution < 1.29 is 19.0 Å². The van der Waals surface area contributed by atoms with Gasteiger partial charge in [0.25, 0.3) is 0 Å². The van der Waals surface area contributed by atoms with E-state index in [-0.39, 0.29) is 11.0 Å². The molecule has 0 bridgehead atoms. The van der Waals surface area contributed by atoms with Crippen LogP contribution < -0.4 is 20.1 Å². The first-order valence-electron chi connectivity index (χ1n) is 8.85. The van der Waals surface area contributed by atoms with Crippen molar-refractivity contribution in [3.8, 4) is 11.5 Å². The summed E-state index contributed by atoms with van der Waals surface area (Å²) in [7, 11) is 1.62. The van der Waals surface area contributed by atoms with Gasteiger partial charge in [0.05, 0.1) is 13.2 Å². The molecule has 0 spiro atoms. The van der Waals surface area contributed by atoms with Crippen LogP contribution in [-0.4, -0.2) is 38.0 Å². The lowest BCUT2D eigenvalue weighted by molar-refractivity contribution is -0.115. The lowest BCUT2D eigenvalue weighted by Gasteiger charge is -2.10. The molecular weight excluding hydrogens is 376 g/mol. The summed E-state index contributed by atoms with van der Waals surface area (Å²) in [5, 5.41) is 5.78. The van der Waals surface area contributed by atoms with Crippen LogP contribution in [0, 0.1) is 0 Å². The van der Waals surface area contributed by atoms with Crippen molar-refractivity contribution in [1.29, 1.82) is 0 Å². The Hall–Kier alpha value is -2.90. The second-order valence-corrected chi connectivity index (χ2v) is 6.05. The Labute approximate surface area is 170 Å². The van der Waals surface area contributed by atoms with Crippen LogP contribution in [-0.2, 0) is 9.53 Å². The normalized spacial score (nSPS) is 10.5. The third kappa shape index (κ3) is 7.77. The Bertz CT molecular complexity index is 789. The fourth-order valence-electron chi connectivity index (χ4n) is 2.21. The molecule has 2 aromatic carbocycles. The molecule has 28 heavy (non-hydrogen) atoms. The van der Waals surface area contributed by atoms with E-state index in [2.05, 4.69) is 10.6 Å². The van der Waals surface area contributed by atoms with E-state index in [4.69, 9.17) is 26.4 Å². The van der Waals surface area contributed by atoms with Gasteiger partial charge >= 0.3 is 0 Å². The molecule has 0 aliphatic carbocycles. The van der Waals surface area contributed by atoms with Crippen LogP contribution in [0.1, 0.15) is 12.5 Å². The quantitative estimate of drug-likeness (QED) is 0.381. The minimum atomic E-state index is -0.314. The minimum Gasteiger partial charge on any atom is -0.494 e. The number of ether oxygens (including phenoxy) is 3. The molecule has 0 saturated heterocycles. The van der Waals surface area contributed by atoms with Crippen LogP contribution >= 0.6 is 12.2 Å². The summed E-state index contributed by atoms with van der Waals surface area (Å²) in [5.74, 6) is 1.21. The third-order valence-corrected chi connectivity index (χ3v) is 3.73. The van der Waals surface area contributed by atoms with Gasteiger partial charge in [0.2, 0.25) is 5.91 Å². The molecule has 0 saturated carbocycles. The minimum absolute atomic E-state index is 0.217. The van der Waals surface area contributed by atoms with E-state index in [9.17, 15) is 4.79 Å². The van der Waals surface area contributed by atoms with Gasteiger partial charge in [-0.3, -0.25) is 10.1 Å². The summed E-state index contributed by atoms with van der Waals surface area (Å²) in [6.45, 7) is 3.56. The largest absolute Gasteiger partial charge is 0.494 e. The molecule has 1 amide bonds. The number of nitrogens with one attached hydrogen (secondary N) is 2. The maximum atomic E-state index is 12.0. The van der Waals surface area contributed by atoms with E-state index in [1.54, 1.807) is 13.2 Å². The Balaban J connectivity index is 1.79. The molecule has 0 radical (unpaired) electrons. The van der Waals surface area contributed by atoms with Gasteiger partial charge in [0.15, 0.2) is 5.11 Å². The second-order valence-electron chi connectivity index (χ2n) is 5.64. The Kier molecular flexibility index (Phi) is 8.97. The lowest BCUT2D eigenvalue weighted by Crippen LogP contribution is -2.32. The van der Waals surface area contributed by atoms with Crippen LogP contribution in [0.2, 0.25) is 0 Å². The van der Waals surface area contributed by atoms with Gasteiger partial charge in [-0.1, -0.05) is 12.1 Å². The third-order valence-electron chi connectivity index (χ3n) is 3.52. The first-order chi connectivity index (χ1) is 13.6. The van der Waals surface area contributed by atoms with E-state index >= 15 is 0 Å². The smallest absolute Gasteiger partial charge is 0.250 e. The van der Waals surface area contributed by atoms with Gasteiger partial charge in [-0.05, 0) is 67.2 Å². The fourth-order valence-corrected chi connectivity index (χ4v) is 2.43. The molecule has 0 aromatic heterocycles. The van der Waals surface area contributed by atoms with Crippen molar-refractivity contribution in [1.82, 2.24) is 5.32 Å². The molecule has 2 N–H and O–H groups in total. The summed E-state index contributed by atoms with van der Waals surface area (Å²) in [6, 6.07) is 14.7. The van der Waals surface area contributed by atoms with Gasteiger partial charge in [0.1, 0.15) is 18.1 Å². The van der Waals surface area contributed by atoms with Gasteiger partial charge in [-0.2, -0.15) is 0 Å². The number of carbonyl (C=O) groups excluding carboxylic acids is 1. The molecule has 0 aliphatic rings. The summed E-state index contributed by atoms with van der Waals surface area (Å²) in [4.78, 5) is 12.0. The molecule has 0 atom stereocenters. The molecule has 2 rings (SSSR count). The molecule has 0 unspecified atom stereocenters. The predicted octanol–water partition coefficient (Wildman–Crippen LogP) is 3.64. The number of thiocarbonyl (C=S) groups is 1. The highest BCUT2D eigenvalue weighted by Gasteiger charge is 2.02. The number of rotatable bonds is 9. The van der Waals surface area contributed by atoms with Crippen molar-refractivity contribution >= 4 is 35.0 Å². The Morgan fingerprint density at radius 3 is 2.29 bits per heavy atom. The van der Waals surface area contributed by atoms with Crippen LogP contribution in [0.5, 0.6) is 11.5 Å². The maximum Gasteiger partial charge on any atom is 0.250 e. The first kappa shape index (κ1) is 21.4. The number of carbonyl (C=O) groups is 1. The zero-order valence-corrected chi connectivity index (χ0v) is 16.8. The van der Waals surface area contributed by atoms with Crippen molar-refractivity contribution in [2.45, 2.75) is 6.92 Å². The highest BCUT2D eigenvalue weighted by atomic mass is 32.1. The molecular formula is C21H24N2O4S. The number of hydrogen-bond donors (Lipinski definition) is 2. The standard InChI is InChI=1S/C21H24N2O4S/c1-3-26-18-9-4-16(5-10-18)6-13-20(24)23-21(28)22-17-7-11-19(12-8-17)27-15-14-25-2/h4-13H,3,14-15H2,1-2H3,(H2,22,23,24,28)/b13-6+. The molecule has 0 fully saturated rings. The Morgan fingerprint density at radius 1 is 1.00 bits per heavy atom. The van der Waals surface area contributed by atoms with Crippen molar-refractivity contribution in [2.75, 3.05) is 32.2 Å². The van der Waals surface area contributed by atoms with E-state index in [1.807, 2.05) is 55.5 Å². The molecule has 0 heterocycles. The van der Waals surface area contributed by atoms with E-state index in [0.717, 1.165) is 22.7 Å². The molecule has 148 valence electrons. The summed E-state index contributed by atoms with van der Waals surface area (Å²) >= 11 is 5.17. The van der Waals surface area contributed by atoms with Gasteiger partial charge in [0, 0.05) is 18.9 Å². The van der Waals surface area contributed by atoms with Gasteiger partial charge in [-0.25, -0.2) is 0 Å². The first-order valence-corrected chi connectivity index (χ1v) is 9.26. The second kappa shape index (κ2) is 11.7. The maximum absolute atomic E-state index is 12.0. The average molecular weight is 401 g/mol. The zero-order chi connectivity index (χ0) is 20.2. The number of anilines is 1. The number of benzene rings is 2. The molecule has 6 nitrogen and oxygen atoms in total. The van der Waals surface area contributed by atoms with E-state index < -0.39 is 0 Å². The van der Waals surface area contributed by atoms with Crippen LogP contribution in [0.15, 0.2) is 54.6 Å². The fraction of sp³-hybridized carbons (Fsp3) is 0.238. The molecule has 7 heteroatoms. The summed E-state index contributed by atoms with van der Waals surface area (Å²) in [6.07, 6.45) is 3.14. The summed E-state index contributed by atoms with van der Waals surface area (Å²) < 4.78 is 15.8. The zero-order valence-electron chi connectivity index (χ0n) is 15.9. The highest BCUT2D eigenvalue weighted by Crippen LogP contribution is 2.16. The predicted molar refractivity (Wildman–Crippen MR) is 115 cm³/mol. The molecule has 0 aliphatic heterocycles. The Morgan fingerprint density at radius 2 is 1.64 bits per heavy atom. The average Bonchev–Trinajstić information content (AvgIpc) is 2.69. The number of methoxy groups -OCH3 is 1. The lowest BCUT2D eigenvalue weighted by atomic mass is 10.2. The monoisotopic (exact) mass is 400 g/mol. The number of hydrogen-bond acceptors (Lipinski definition) is 5. The topological polar surface area (TPSA) is 68.8 Å². The van der Waals surface area contributed by atoms with Gasteiger partial charge in [-0.15, -0.1) is 0 Å². The van der Waals surface area contributed by atoms with Crippen LogP contribution in [0.3, 0.4) is 0 Å². The molecule has 2 aromatic rings. The highest BCUT2D eigenvalue weighted by molar-refractivity contribution is 7.80. The SMILES string of the molecule is CCOc1ccc(/C=C/C(=O)NC(=S)Nc2ccc(OCCOC)cc2)cc1. The van der Waals surface area contributed by atoms with Crippen molar-refractivity contribution in [3.05, 3.63) is 60.2 Å². The van der Waals surface area contributed by atoms with Crippen molar-refractivity contribution in [2.24, 2.45) is 0 Å².